The third-order valence-electron chi connectivity index (χ3n) is 3.59. The van der Waals surface area contributed by atoms with Crippen LogP contribution in [0.25, 0.3) is 0 Å². The summed E-state index contributed by atoms with van der Waals surface area (Å²) in [5, 5.41) is 11.5. The fraction of sp³-hybridized carbons (Fsp3) is 0.250. The molecule has 5 heteroatoms. The summed E-state index contributed by atoms with van der Waals surface area (Å²) < 4.78 is 11.1. The number of benzene rings is 2. The molecular formula is C16H14Cl2O3. The number of aliphatic hydroxyl groups excluding tert-OH is 1. The summed E-state index contributed by atoms with van der Waals surface area (Å²) in [6.45, 7) is 0. The van der Waals surface area contributed by atoms with E-state index in [1.807, 2.05) is 6.07 Å². The maximum atomic E-state index is 10.4. The Hall–Kier alpha value is -1.42. The molecule has 0 amide bonds. The Bertz CT molecular complexity index is 673. The van der Waals surface area contributed by atoms with Crippen LogP contribution in [-0.4, -0.2) is 12.2 Å². The minimum absolute atomic E-state index is 0.300. The maximum Gasteiger partial charge on any atom is 0.128 e. The van der Waals surface area contributed by atoms with E-state index in [9.17, 15) is 5.11 Å². The lowest BCUT2D eigenvalue weighted by atomic mass is 9.95. The molecule has 0 bridgehead atoms. The van der Waals surface area contributed by atoms with Crippen molar-refractivity contribution in [1.82, 2.24) is 0 Å². The third kappa shape index (κ3) is 2.82. The van der Waals surface area contributed by atoms with Crippen LogP contribution in [0.2, 0.25) is 10.0 Å². The van der Waals surface area contributed by atoms with Crippen LogP contribution in [0.1, 0.15) is 29.8 Å². The second kappa shape index (κ2) is 5.76. The van der Waals surface area contributed by atoms with Crippen molar-refractivity contribution >= 4 is 23.2 Å². The largest absolute Gasteiger partial charge is 0.497 e. The van der Waals surface area contributed by atoms with Crippen LogP contribution in [0.15, 0.2) is 36.4 Å². The SMILES string of the molecule is COc1ccc2c(c1)[C@@H](O)CC(c1ccc(Cl)cc1Cl)O2. The van der Waals surface area contributed by atoms with Gasteiger partial charge in [0.2, 0.25) is 0 Å². The molecule has 110 valence electrons. The van der Waals surface area contributed by atoms with Gasteiger partial charge in [0, 0.05) is 27.6 Å². The quantitative estimate of drug-likeness (QED) is 0.880. The first-order chi connectivity index (χ1) is 10.1. The van der Waals surface area contributed by atoms with Crippen LogP contribution in [0.3, 0.4) is 0 Å². The predicted molar refractivity (Wildman–Crippen MR) is 82.4 cm³/mol. The molecule has 3 nitrogen and oxygen atoms in total. The first-order valence-corrected chi connectivity index (χ1v) is 7.31. The van der Waals surface area contributed by atoms with Crippen molar-refractivity contribution in [3.05, 3.63) is 57.6 Å². The van der Waals surface area contributed by atoms with Gasteiger partial charge in [0.05, 0.1) is 13.2 Å². The predicted octanol–water partition coefficient (Wildman–Crippen LogP) is 4.56. The summed E-state index contributed by atoms with van der Waals surface area (Å²) in [5.74, 6) is 1.34. The number of halogens is 2. The lowest BCUT2D eigenvalue weighted by molar-refractivity contribution is 0.0655. The van der Waals surface area contributed by atoms with Gasteiger partial charge in [-0.05, 0) is 30.3 Å². The topological polar surface area (TPSA) is 38.7 Å². The van der Waals surface area contributed by atoms with E-state index in [0.717, 1.165) is 11.1 Å². The first kappa shape index (κ1) is 14.5. The number of aliphatic hydroxyl groups is 1. The van der Waals surface area contributed by atoms with Crippen LogP contribution in [0.5, 0.6) is 11.5 Å². The smallest absolute Gasteiger partial charge is 0.128 e. The highest BCUT2D eigenvalue weighted by molar-refractivity contribution is 6.35. The number of hydrogen-bond acceptors (Lipinski definition) is 3. The van der Waals surface area contributed by atoms with Gasteiger partial charge in [-0.1, -0.05) is 29.3 Å². The number of rotatable bonds is 2. The molecule has 0 aliphatic carbocycles. The van der Waals surface area contributed by atoms with E-state index in [-0.39, 0.29) is 6.10 Å². The second-order valence-electron chi connectivity index (χ2n) is 4.93. The summed E-state index contributed by atoms with van der Waals surface area (Å²) in [5.41, 5.74) is 1.55. The van der Waals surface area contributed by atoms with Crippen molar-refractivity contribution in [3.8, 4) is 11.5 Å². The Labute approximate surface area is 133 Å². The molecule has 0 spiro atoms. The molecule has 3 rings (SSSR count). The van der Waals surface area contributed by atoms with Crippen molar-refractivity contribution in [1.29, 1.82) is 0 Å². The summed E-state index contributed by atoms with van der Waals surface area (Å²) >= 11 is 12.1. The van der Waals surface area contributed by atoms with Crippen molar-refractivity contribution < 1.29 is 14.6 Å². The van der Waals surface area contributed by atoms with E-state index >= 15 is 0 Å². The van der Waals surface area contributed by atoms with E-state index in [4.69, 9.17) is 32.7 Å². The van der Waals surface area contributed by atoms with E-state index in [1.54, 1.807) is 37.4 Å². The zero-order valence-corrected chi connectivity index (χ0v) is 12.9. The van der Waals surface area contributed by atoms with Gasteiger partial charge < -0.3 is 14.6 Å². The van der Waals surface area contributed by atoms with Gasteiger partial charge in [-0.3, -0.25) is 0 Å². The van der Waals surface area contributed by atoms with E-state index in [0.29, 0.717) is 28.0 Å². The van der Waals surface area contributed by atoms with Gasteiger partial charge in [-0.25, -0.2) is 0 Å². The maximum absolute atomic E-state index is 10.4. The van der Waals surface area contributed by atoms with E-state index in [1.165, 1.54) is 0 Å². The van der Waals surface area contributed by atoms with Crippen LogP contribution < -0.4 is 9.47 Å². The molecule has 1 unspecified atom stereocenters. The molecule has 0 aromatic heterocycles. The van der Waals surface area contributed by atoms with Gasteiger partial charge in [0.15, 0.2) is 0 Å². The molecule has 0 fully saturated rings. The average Bonchev–Trinajstić information content (AvgIpc) is 2.47. The average molecular weight is 325 g/mol. The normalized spacial score (nSPS) is 20.6. The molecule has 21 heavy (non-hydrogen) atoms. The van der Waals surface area contributed by atoms with Gasteiger partial charge in [0.25, 0.3) is 0 Å². The van der Waals surface area contributed by atoms with Crippen LogP contribution in [-0.2, 0) is 0 Å². The molecule has 1 N–H and O–H groups in total. The summed E-state index contributed by atoms with van der Waals surface area (Å²) in [6, 6.07) is 10.7. The third-order valence-corrected chi connectivity index (χ3v) is 4.15. The fourth-order valence-electron chi connectivity index (χ4n) is 2.51. The van der Waals surface area contributed by atoms with Gasteiger partial charge in [0.1, 0.15) is 17.6 Å². The lowest BCUT2D eigenvalue weighted by Gasteiger charge is -2.30. The number of fused-ring (bicyclic) bond motifs is 1. The highest BCUT2D eigenvalue weighted by Gasteiger charge is 2.29. The molecule has 0 radical (unpaired) electrons. The van der Waals surface area contributed by atoms with Crippen molar-refractivity contribution in [2.75, 3.05) is 7.11 Å². The van der Waals surface area contributed by atoms with Crippen molar-refractivity contribution in [2.45, 2.75) is 18.6 Å². The summed E-state index contributed by atoms with van der Waals surface area (Å²) in [4.78, 5) is 0. The highest BCUT2D eigenvalue weighted by Crippen LogP contribution is 2.43. The molecule has 1 aliphatic rings. The van der Waals surface area contributed by atoms with Crippen LogP contribution in [0.4, 0.5) is 0 Å². The monoisotopic (exact) mass is 324 g/mol. The fourth-order valence-corrected chi connectivity index (χ4v) is 3.04. The van der Waals surface area contributed by atoms with E-state index < -0.39 is 6.10 Å². The van der Waals surface area contributed by atoms with E-state index in [2.05, 4.69) is 0 Å². The Morgan fingerprint density at radius 2 is 1.95 bits per heavy atom. The zero-order chi connectivity index (χ0) is 15.0. The number of hydrogen-bond donors (Lipinski definition) is 1. The van der Waals surface area contributed by atoms with Crippen molar-refractivity contribution in [2.24, 2.45) is 0 Å². The minimum Gasteiger partial charge on any atom is -0.497 e. The molecule has 2 atom stereocenters. The molecule has 0 saturated heterocycles. The molecule has 1 aliphatic heterocycles. The van der Waals surface area contributed by atoms with Crippen LogP contribution in [0, 0.1) is 0 Å². The number of ether oxygens (including phenoxy) is 2. The molecule has 2 aromatic rings. The second-order valence-corrected chi connectivity index (χ2v) is 5.77. The first-order valence-electron chi connectivity index (χ1n) is 6.56. The Morgan fingerprint density at radius 3 is 2.67 bits per heavy atom. The van der Waals surface area contributed by atoms with Gasteiger partial charge in [-0.2, -0.15) is 0 Å². The minimum atomic E-state index is -0.624. The molecule has 2 aromatic carbocycles. The van der Waals surface area contributed by atoms with Crippen LogP contribution >= 0.6 is 23.2 Å². The Morgan fingerprint density at radius 1 is 1.14 bits per heavy atom. The van der Waals surface area contributed by atoms with Crippen molar-refractivity contribution in [3.63, 3.8) is 0 Å². The Balaban J connectivity index is 1.94. The standard InChI is InChI=1S/C16H14Cl2O3/c1-20-10-3-5-15-12(7-10)14(19)8-16(21-15)11-4-2-9(17)6-13(11)18/h2-7,14,16,19H,8H2,1H3/t14-,16?/m0/s1. The van der Waals surface area contributed by atoms with Gasteiger partial charge >= 0.3 is 0 Å². The number of methoxy groups -OCH3 is 1. The lowest BCUT2D eigenvalue weighted by Crippen LogP contribution is -2.19. The highest BCUT2D eigenvalue weighted by atomic mass is 35.5. The molecule has 1 heterocycles. The molecular weight excluding hydrogens is 311 g/mol. The molecule has 0 saturated carbocycles. The zero-order valence-electron chi connectivity index (χ0n) is 11.3. The van der Waals surface area contributed by atoms with Gasteiger partial charge in [-0.15, -0.1) is 0 Å². The Kier molecular flexibility index (Phi) is 3.98. The summed E-state index contributed by atoms with van der Waals surface area (Å²) in [6.07, 6.45) is -0.493. The summed E-state index contributed by atoms with van der Waals surface area (Å²) in [7, 11) is 1.59.